The van der Waals surface area contributed by atoms with Crippen LogP contribution in [0.5, 0.6) is 5.75 Å². The number of nitrogens with zero attached hydrogens (tertiary/aromatic N) is 1. The van der Waals surface area contributed by atoms with Crippen LogP contribution in [-0.2, 0) is 0 Å². The summed E-state index contributed by atoms with van der Waals surface area (Å²) < 4.78 is 5.12. The average Bonchev–Trinajstić information content (AvgIpc) is 2.41. The Morgan fingerprint density at radius 3 is 2.53 bits per heavy atom. The fourth-order valence-corrected chi connectivity index (χ4v) is 2.37. The van der Waals surface area contributed by atoms with Gasteiger partial charge in [-0.3, -0.25) is 4.99 Å². The topological polar surface area (TPSA) is 21.6 Å². The smallest absolute Gasteiger partial charge is 0.118 e. The maximum absolute atomic E-state index is 5.12. The van der Waals surface area contributed by atoms with Gasteiger partial charge in [0.2, 0.25) is 0 Å². The molecule has 1 saturated carbocycles. The van der Waals surface area contributed by atoms with Crippen LogP contribution in [0.4, 0.5) is 0 Å². The molecule has 0 heterocycles. The minimum absolute atomic E-state index is 0.818. The van der Waals surface area contributed by atoms with E-state index in [-0.39, 0.29) is 0 Å². The monoisotopic (exact) mass is 231 g/mol. The second-order valence-electron chi connectivity index (χ2n) is 4.77. The van der Waals surface area contributed by atoms with E-state index in [9.17, 15) is 0 Å². The van der Waals surface area contributed by atoms with Crippen LogP contribution in [0.2, 0.25) is 0 Å². The van der Waals surface area contributed by atoms with E-state index in [0.717, 1.165) is 23.8 Å². The lowest BCUT2D eigenvalue weighted by Crippen LogP contribution is -2.09. The highest BCUT2D eigenvalue weighted by Crippen LogP contribution is 2.23. The zero-order chi connectivity index (χ0) is 11.9. The molecule has 0 amide bonds. The molecular formula is C15H21NO. The third-order valence-corrected chi connectivity index (χ3v) is 3.44. The van der Waals surface area contributed by atoms with Crippen LogP contribution in [-0.4, -0.2) is 19.9 Å². The Morgan fingerprint density at radius 1 is 1.18 bits per heavy atom. The highest BCUT2D eigenvalue weighted by atomic mass is 16.5. The van der Waals surface area contributed by atoms with Crippen LogP contribution in [0.3, 0.4) is 0 Å². The molecule has 1 aliphatic carbocycles. The van der Waals surface area contributed by atoms with Gasteiger partial charge in [0.25, 0.3) is 0 Å². The predicted octanol–water partition coefficient (Wildman–Crippen LogP) is 3.69. The number of hydrogen-bond acceptors (Lipinski definition) is 2. The van der Waals surface area contributed by atoms with Gasteiger partial charge in [0, 0.05) is 12.8 Å². The molecular weight excluding hydrogens is 210 g/mol. The highest BCUT2D eigenvalue weighted by Gasteiger charge is 2.11. The van der Waals surface area contributed by atoms with E-state index < -0.39 is 0 Å². The first kappa shape index (κ1) is 12.2. The lowest BCUT2D eigenvalue weighted by molar-refractivity contribution is 0.367. The van der Waals surface area contributed by atoms with Gasteiger partial charge in [-0.2, -0.15) is 0 Å². The molecule has 1 aromatic rings. The maximum atomic E-state index is 5.12. The number of aliphatic imine (C=N–C) groups is 1. The van der Waals surface area contributed by atoms with E-state index in [1.54, 1.807) is 7.11 Å². The Labute approximate surface area is 104 Å². The van der Waals surface area contributed by atoms with Crippen molar-refractivity contribution in [1.82, 2.24) is 0 Å². The van der Waals surface area contributed by atoms with Crippen LogP contribution in [0.15, 0.2) is 29.3 Å². The Morgan fingerprint density at radius 2 is 1.88 bits per heavy atom. The molecule has 1 aromatic carbocycles. The zero-order valence-electron chi connectivity index (χ0n) is 10.6. The quantitative estimate of drug-likeness (QED) is 0.724. The Hall–Kier alpha value is -1.31. The summed E-state index contributed by atoms with van der Waals surface area (Å²) >= 11 is 0. The summed E-state index contributed by atoms with van der Waals surface area (Å²) in [5, 5.41) is 0. The number of benzene rings is 1. The van der Waals surface area contributed by atoms with Gasteiger partial charge in [0.15, 0.2) is 0 Å². The second-order valence-corrected chi connectivity index (χ2v) is 4.77. The summed E-state index contributed by atoms with van der Waals surface area (Å²) in [5.74, 6) is 1.72. The summed E-state index contributed by atoms with van der Waals surface area (Å²) in [6.07, 6.45) is 8.90. The highest BCUT2D eigenvalue weighted by molar-refractivity contribution is 5.79. The molecule has 0 spiro atoms. The standard InChI is InChI=1S/C15H21NO/c1-17-15-9-7-14(8-10-15)12-16-11-13-5-3-2-4-6-13/h7-10,12-13H,2-6,11H2,1H3/b16-12+. The normalized spacial score (nSPS) is 17.5. The largest absolute Gasteiger partial charge is 0.497 e. The van der Waals surface area contributed by atoms with Gasteiger partial charge < -0.3 is 4.74 Å². The molecule has 0 N–H and O–H groups in total. The molecule has 1 fully saturated rings. The average molecular weight is 231 g/mol. The van der Waals surface area contributed by atoms with E-state index in [2.05, 4.69) is 4.99 Å². The molecule has 0 bridgehead atoms. The van der Waals surface area contributed by atoms with Gasteiger partial charge in [0.1, 0.15) is 5.75 Å². The van der Waals surface area contributed by atoms with Gasteiger partial charge in [0.05, 0.1) is 7.11 Å². The van der Waals surface area contributed by atoms with E-state index >= 15 is 0 Å². The fourth-order valence-electron chi connectivity index (χ4n) is 2.37. The second kappa shape index (κ2) is 6.43. The summed E-state index contributed by atoms with van der Waals surface area (Å²) in [6, 6.07) is 8.04. The zero-order valence-corrected chi connectivity index (χ0v) is 10.6. The summed E-state index contributed by atoms with van der Waals surface area (Å²) in [7, 11) is 1.69. The van der Waals surface area contributed by atoms with Gasteiger partial charge in [-0.25, -0.2) is 0 Å². The van der Waals surface area contributed by atoms with Crippen molar-refractivity contribution in [2.45, 2.75) is 32.1 Å². The van der Waals surface area contributed by atoms with Crippen LogP contribution in [0.1, 0.15) is 37.7 Å². The molecule has 0 saturated heterocycles. The van der Waals surface area contributed by atoms with Gasteiger partial charge in [-0.1, -0.05) is 19.3 Å². The first-order valence-electron chi connectivity index (χ1n) is 6.52. The van der Waals surface area contributed by atoms with Crippen molar-refractivity contribution < 1.29 is 4.74 Å². The molecule has 0 atom stereocenters. The molecule has 0 radical (unpaired) electrons. The molecule has 1 aliphatic rings. The summed E-state index contributed by atoms with van der Waals surface area (Å²) in [6.45, 7) is 0.992. The molecule has 0 aromatic heterocycles. The maximum Gasteiger partial charge on any atom is 0.118 e. The number of rotatable bonds is 4. The van der Waals surface area contributed by atoms with E-state index in [0.29, 0.717) is 0 Å². The third-order valence-electron chi connectivity index (χ3n) is 3.44. The van der Waals surface area contributed by atoms with Crippen molar-refractivity contribution >= 4 is 6.21 Å². The predicted molar refractivity (Wildman–Crippen MR) is 72.0 cm³/mol. The first-order chi connectivity index (χ1) is 8.38. The van der Waals surface area contributed by atoms with Gasteiger partial charge >= 0.3 is 0 Å². The Bertz CT molecular complexity index is 350. The van der Waals surface area contributed by atoms with Crippen molar-refractivity contribution in [3.63, 3.8) is 0 Å². The lowest BCUT2D eigenvalue weighted by Gasteiger charge is -2.19. The molecule has 2 rings (SSSR count). The van der Waals surface area contributed by atoms with Crippen LogP contribution >= 0.6 is 0 Å². The molecule has 0 aliphatic heterocycles. The fraction of sp³-hybridized carbons (Fsp3) is 0.533. The van der Waals surface area contributed by atoms with Crippen molar-refractivity contribution in [2.24, 2.45) is 10.9 Å². The van der Waals surface area contributed by atoms with Crippen molar-refractivity contribution in [3.05, 3.63) is 29.8 Å². The summed E-state index contributed by atoms with van der Waals surface area (Å²) in [4.78, 5) is 4.55. The van der Waals surface area contributed by atoms with Crippen molar-refractivity contribution in [1.29, 1.82) is 0 Å². The van der Waals surface area contributed by atoms with Crippen molar-refractivity contribution in [2.75, 3.05) is 13.7 Å². The SMILES string of the molecule is COc1ccc(/C=N/CC2CCCCC2)cc1. The van der Waals surface area contributed by atoms with Gasteiger partial charge in [-0.05, 0) is 48.6 Å². The molecule has 2 nitrogen and oxygen atoms in total. The third kappa shape index (κ3) is 3.88. The van der Waals surface area contributed by atoms with E-state index in [4.69, 9.17) is 4.74 Å². The minimum atomic E-state index is 0.818. The number of ether oxygens (including phenoxy) is 1. The lowest BCUT2D eigenvalue weighted by atomic mass is 9.89. The number of methoxy groups -OCH3 is 1. The van der Waals surface area contributed by atoms with Crippen LogP contribution < -0.4 is 4.74 Å². The van der Waals surface area contributed by atoms with Crippen LogP contribution in [0, 0.1) is 5.92 Å². The van der Waals surface area contributed by atoms with E-state index in [1.165, 1.54) is 32.1 Å². The molecule has 92 valence electrons. The molecule has 0 unspecified atom stereocenters. The summed E-state index contributed by atoms with van der Waals surface area (Å²) in [5.41, 5.74) is 1.15. The Balaban J connectivity index is 1.82. The number of hydrogen-bond donors (Lipinski definition) is 0. The Kier molecular flexibility index (Phi) is 4.60. The van der Waals surface area contributed by atoms with E-state index in [1.807, 2.05) is 30.5 Å². The molecule has 2 heteroatoms. The van der Waals surface area contributed by atoms with Gasteiger partial charge in [-0.15, -0.1) is 0 Å². The van der Waals surface area contributed by atoms with Crippen molar-refractivity contribution in [3.8, 4) is 5.75 Å². The van der Waals surface area contributed by atoms with Crippen LogP contribution in [0.25, 0.3) is 0 Å². The minimum Gasteiger partial charge on any atom is -0.497 e. The molecule has 17 heavy (non-hydrogen) atoms. The first-order valence-corrected chi connectivity index (χ1v) is 6.52.